The Hall–Kier alpha value is -4.06. The predicted molar refractivity (Wildman–Crippen MR) is 121 cm³/mol. The number of nitrogens with zero attached hydrogens (tertiary/aromatic N) is 7. The summed E-state index contributed by atoms with van der Waals surface area (Å²) in [5, 5.41) is 19.4. The van der Waals surface area contributed by atoms with E-state index in [4.69, 9.17) is 5.73 Å². The lowest BCUT2D eigenvalue weighted by Crippen LogP contribution is -2.24. The summed E-state index contributed by atoms with van der Waals surface area (Å²) < 4.78 is 6.96. The molecule has 0 aliphatic carbocycles. The van der Waals surface area contributed by atoms with Gasteiger partial charge in [-0.05, 0) is 40.1 Å². The quantitative estimate of drug-likeness (QED) is 0.294. The van der Waals surface area contributed by atoms with Gasteiger partial charge in [-0.3, -0.25) is 4.79 Å². The van der Waals surface area contributed by atoms with Crippen molar-refractivity contribution in [1.29, 1.82) is 0 Å². The molecule has 0 unspecified atom stereocenters. The summed E-state index contributed by atoms with van der Waals surface area (Å²) >= 11 is 3.37. The molecule has 32 heavy (non-hydrogen) atoms. The van der Waals surface area contributed by atoms with Crippen molar-refractivity contribution in [3.63, 3.8) is 0 Å². The minimum atomic E-state index is -0.531. The SMILES string of the molecule is CN(Cc1c(C(=O)N/N=C\c2ccc(Br)cc2)nnn1-c1nonc1N)c1ccccc1. The van der Waals surface area contributed by atoms with Gasteiger partial charge in [-0.2, -0.15) is 9.78 Å². The molecule has 2 aromatic heterocycles. The van der Waals surface area contributed by atoms with Gasteiger partial charge in [0.05, 0.1) is 18.5 Å². The average molecular weight is 496 g/mol. The second kappa shape index (κ2) is 9.39. The van der Waals surface area contributed by atoms with Crippen LogP contribution in [0.3, 0.4) is 0 Å². The van der Waals surface area contributed by atoms with Crippen molar-refractivity contribution in [3.05, 3.63) is 76.0 Å². The van der Waals surface area contributed by atoms with Crippen molar-refractivity contribution < 1.29 is 9.42 Å². The monoisotopic (exact) mass is 495 g/mol. The van der Waals surface area contributed by atoms with E-state index in [9.17, 15) is 4.79 Å². The minimum absolute atomic E-state index is 0.0266. The van der Waals surface area contributed by atoms with Crippen LogP contribution in [-0.2, 0) is 6.54 Å². The molecule has 2 heterocycles. The molecule has 12 heteroatoms. The van der Waals surface area contributed by atoms with Crippen molar-refractivity contribution in [2.75, 3.05) is 17.7 Å². The maximum absolute atomic E-state index is 12.8. The highest BCUT2D eigenvalue weighted by Gasteiger charge is 2.25. The van der Waals surface area contributed by atoms with Crippen LogP contribution >= 0.6 is 15.9 Å². The normalized spacial score (nSPS) is 11.1. The Bertz CT molecular complexity index is 1240. The third kappa shape index (κ3) is 4.64. The summed E-state index contributed by atoms with van der Waals surface area (Å²) in [6, 6.07) is 17.1. The number of aromatic nitrogens is 5. The van der Waals surface area contributed by atoms with Crippen molar-refractivity contribution in [2.45, 2.75) is 6.54 Å². The van der Waals surface area contributed by atoms with E-state index < -0.39 is 5.91 Å². The number of para-hydroxylation sites is 1. The van der Waals surface area contributed by atoms with E-state index >= 15 is 0 Å². The first-order valence-electron chi connectivity index (χ1n) is 9.41. The lowest BCUT2D eigenvalue weighted by Gasteiger charge is -2.19. The molecular formula is C20H18BrN9O2. The zero-order chi connectivity index (χ0) is 22.5. The van der Waals surface area contributed by atoms with Crippen molar-refractivity contribution in [1.82, 2.24) is 30.7 Å². The standard InChI is InChI=1S/C20H18BrN9O2/c1-29(15-5-3-2-4-6-15)12-16-17(24-28-30(16)19-18(22)26-32-27-19)20(31)25-23-11-13-7-9-14(21)10-8-13/h2-11H,12H2,1H3,(H2,22,26)(H,25,31)/b23-11-. The molecule has 0 bridgehead atoms. The number of halogens is 1. The molecule has 0 saturated heterocycles. The molecule has 0 saturated carbocycles. The van der Waals surface area contributed by atoms with Crippen molar-refractivity contribution in [2.24, 2.45) is 5.10 Å². The number of hydrazone groups is 1. The van der Waals surface area contributed by atoms with Gasteiger partial charge in [0, 0.05) is 17.2 Å². The molecule has 3 N–H and O–H groups in total. The van der Waals surface area contributed by atoms with Crippen LogP contribution in [0.4, 0.5) is 11.5 Å². The molecule has 162 valence electrons. The van der Waals surface area contributed by atoms with E-state index in [2.05, 4.69) is 51.7 Å². The van der Waals surface area contributed by atoms with Crippen LogP contribution in [0.25, 0.3) is 5.82 Å². The Balaban J connectivity index is 1.61. The van der Waals surface area contributed by atoms with E-state index in [0.717, 1.165) is 15.7 Å². The first-order chi connectivity index (χ1) is 15.5. The maximum atomic E-state index is 12.8. The number of carbonyl (C=O) groups is 1. The van der Waals surface area contributed by atoms with Crippen molar-refractivity contribution in [3.8, 4) is 5.82 Å². The Morgan fingerprint density at radius 1 is 1.22 bits per heavy atom. The summed E-state index contributed by atoms with van der Waals surface area (Å²) in [6.07, 6.45) is 1.53. The molecule has 4 rings (SSSR count). The largest absolute Gasteiger partial charge is 0.378 e. The average Bonchev–Trinajstić information content (AvgIpc) is 3.41. The highest BCUT2D eigenvalue weighted by Crippen LogP contribution is 2.20. The van der Waals surface area contributed by atoms with Gasteiger partial charge in [0.15, 0.2) is 5.69 Å². The molecule has 0 aliphatic heterocycles. The Kier molecular flexibility index (Phi) is 6.22. The zero-order valence-electron chi connectivity index (χ0n) is 16.9. The van der Waals surface area contributed by atoms with E-state index in [-0.39, 0.29) is 23.9 Å². The van der Waals surface area contributed by atoms with Crippen LogP contribution < -0.4 is 16.1 Å². The number of nitrogens with one attached hydrogen (secondary N) is 1. The zero-order valence-corrected chi connectivity index (χ0v) is 18.5. The number of nitrogens with two attached hydrogens (primary N) is 1. The fourth-order valence-corrected chi connectivity index (χ4v) is 3.16. The highest BCUT2D eigenvalue weighted by atomic mass is 79.9. The second-order valence-corrected chi connectivity index (χ2v) is 7.63. The highest BCUT2D eigenvalue weighted by molar-refractivity contribution is 9.10. The molecule has 11 nitrogen and oxygen atoms in total. The van der Waals surface area contributed by atoms with E-state index in [0.29, 0.717) is 5.69 Å². The van der Waals surface area contributed by atoms with Gasteiger partial charge in [-0.1, -0.05) is 51.5 Å². The number of amides is 1. The maximum Gasteiger partial charge on any atom is 0.293 e. The van der Waals surface area contributed by atoms with Crippen LogP contribution in [0.2, 0.25) is 0 Å². The third-order valence-corrected chi connectivity index (χ3v) is 5.04. The number of anilines is 2. The summed E-state index contributed by atoms with van der Waals surface area (Å²) in [4.78, 5) is 14.8. The molecular weight excluding hydrogens is 478 g/mol. The molecule has 2 aromatic carbocycles. The summed E-state index contributed by atoms with van der Waals surface area (Å²) in [7, 11) is 1.88. The number of hydrogen-bond donors (Lipinski definition) is 2. The summed E-state index contributed by atoms with van der Waals surface area (Å²) in [5.74, 6) is -0.360. The van der Waals surface area contributed by atoms with Gasteiger partial charge in [0.2, 0.25) is 11.6 Å². The number of carbonyl (C=O) groups excluding carboxylic acids is 1. The summed E-state index contributed by atoms with van der Waals surface area (Å²) in [6.45, 7) is 0.280. The van der Waals surface area contributed by atoms with Crippen LogP contribution in [0.5, 0.6) is 0 Å². The minimum Gasteiger partial charge on any atom is -0.378 e. The molecule has 0 radical (unpaired) electrons. The first-order valence-corrected chi connectivity index (χ1v) is 10.2. The molecule has 0 aliphatic rings. The van der Waals surface area contributed by atoms with Gasteiger partial charge in [-0.25, -0.2) is 10.1 Å². The van der Waals surface area contributed by atoms with Gasteiger partial charge < -0.3 is 10.6 Å². The lowest BCUT2D eigenvalue weighted by atomic mass is 10.2. The molecule has 0 atom stereocenters. The molecule has 4 aromatic rings. The van der Waals surface area contributed by atoms with Gasteiger partial charge >= 0.3 is 0 Å². The predicted octanol–water partition coefficient (Wildman–Crippen LogP) is 2.40. The van der Waals surface area contributed by atoms with Crippen LogP contribution in [0.1, 0.15) is 21.7 Å². The number of benzene rings is 2. The number of rotatable bonds is 7. The number of nitrogen functional groups attached to an aromatic ring is 1. The summed E-state index contributed by atoms with van der Waals surface area (Å²) in [5.41, 5.74) is 10.6. The van der Waals surface area contributed by atoms with Gasteiger partial charge in [0.1, 0.15) is 0 Å². The van der Waals surface area contributed by atoms with Crippen LogP contribution in [0, 0.1) is 0 Å². The fraction of sp³-hybridized carbons (Fsp3) is 0.100. The molecule has 0 fully saturated rings. The number of hydrogen-bond acceptors (Lipinski definition) is 9. The Labute approximate surface area is 191 Å². The van der Waals surface area contributed by atoms with E-state index in [1.54, 1.807) is 0 Å². The third-order valence-electron chi connectivity index (χ3n) is 4.51. The lowest BCUT2D eigenvalue weighted by molar-refractivity contribution is 0.0949. The molecule has 1 amide bonds. The fourth-order valence-electron chi connectivity index (χ4n) is 2.89. The first kappa shape index (κ1) is 21.2. The topological polar surface area (TPSA) is 140 Å². The smallest absolute Gasteiger partial charge is 0.293 e. The molecule has 0 spiro atoms. The van der Waals surface area contributed by atoms with Crippen LogP contribution in [0.15, 0.2) is 68.8 Å². The second-order valence-electron chi connectivity index (χ2n) is 6.71. The van der Waals surface area contributed by atoms with Gasteiger partial charge in [0.25, 0.3) is 5.91 Å². The van der Waals surface area contributed by atoms with E-state index in [1.165, 1.54) is 10.9 Å². The van der Waals surface area contributed by atoms with Crippen molar-refractivity contribution >= 4 is 39.6 Å². The van der Waals surface area contributed by atoms with E-state index in [1.807, 2.05) is 66.5 Å². The van der Waals surface area contributed by atoms with Gasteiger partial charge in [-0.15, -0.1) is 5.10 Å². The van der Waals surface area contributed by atoms with Crippen LogP contribution in [-0.4, -0.2) is 44.5 Å². The Morgan fingerprint density at radius 3 is 2.66 bits per heavy atom. The Morgan fingerprint density at radius 2 is 1.97 bits per heavy atom.